The summed E-state index contributed by atoms with van der Waals surface area (Å²) in [6.45, 7) is 1.84. The maximum atomic E-state index is 12.1. The summed E-state index contributed by atoms with van der Waals surface area (Å²) in [4.78, 5) is 22.7. The number of nitro groups is 1. The molecule has 26 heavy (non-hydrogen) atoms. The molecule has 0 atom stereocenters. The molecule has 9 heteroatoms. The van der Waals surface area contributed by atoms with Gasteiger partial charge in [-0.25, -0.2) is 0 Å². The molecule has 3 aromatic rings. The topological polar surface area (TPSA) is 111 Å². The summed E-state index contributed by atoms with van der Waals surface area (Å²) in [6, 6.07) is 6.56. The van der Waals surface area contributed by atoms with Crippen molar-refractivity contribution in [3.05, 3.63) is 56.6 Å². The second-order valence-electron chi connectivity index (χ2n) is 5.52. The minimum absolute atomic E-state index is 0.00241. The highest BCUT2D eigenvalue weighted by Gasteiger charge is 2.15. The van der Waals surface area contributed by atoms with E-state index in [1.165, 1.54) is 17.4 Å². The number of anilines is 1. The number of benzene rings is 1. The van der Waals surface area contributed by atoms with E-state index in [0.717, 1.165) is 5.56 Å². The van der Waals surface area contributed by atoms with Gasteiger partial charge in [0, 0.05) is 41.1 Å². The van der Waals surface area contributed by atoms with E-state index in [0.29, 0.717) is 29.5 Å². The van der Waals surface area contributed by atoms with Crippen molar-refractivity contribution in [2.24, 2.45) is 0 Å². The third-order valence-electron chi connectivity index (χ3n) is 3.75. The van der Waals surface area contributed by atoms with Gasteiger partial charge in [-0.2, -0.15) is 11.3 Å². The molecule has 0 spiro atoms. The summed E-state index contributed by atoms with van der Waals surface area (Å²) in [5.41, 5.74) is 1.87. The number of hydrogen-bond acceptors (Lipinski definition) is 7. The van der Waals surface area contributed by atoms with Gasteiger partial charge in [0.05, 0.1) is 4.92 Å². The number of thiophene rings is 1. The minimum Gasteiger partial charge on any atom is -0.421 e. The van der Waals surface area contributed by atoms with E-state index in [2.05, 4.69) is 15.5 Å². The lowest BCUT2D eigenvalue weighted by Crippen LogP contribution is -2.12. The molecule has 0 unspecified atom stereocenters. The van der Waals surface area contributed by atoms with Gasteiger partial charge in [-0.3, -0.25) is 14.9 Å². The molecule has 0 radical (unpaired) electrons. The zero-order valence-corrected chi connectivity index (χ0v) is 14.8. The number of aromatic nitrogens is 2. The van der Waals surface area contributed by atoms with E-state index >= 15 is 0 Å². The molecule has 8 nitrogen and oxygen atoms in total. The Balaban J connectivity index is 1.59. The highest BCUT2D eigenvalue weighted by molar-refractivity contribution is 7.08. The number of amides is 1. The molecule has 134 valence electrons. The van der Waals surface area contributed by atoms with Crippen LogP contribution in [0.3, 0.4) is 0 Å². The van der Waals surface area contributed by atoms with Crippen molar-refractivity contribution >= 4 is 28.6 Å². The maximum Gasteiger partial charge on any atom is 0.274 e. The number of aryl methyl sites for hydroxylation is 2. The van der Waals surface area contributed by atoms with Crippen LogP contribution in [0, 0.1) is 10.1 Å². The molecule has 1 aromatic carbocycles. The van der Waals surface area contributed by atoms with Crippen molar-refractivity contribution in [3.8, 4) is 11.5 Å². The Labute approximate surface area is 153 Å². The molecule has 3 rings (SSSR count). The summed E-state index contributed by atoms with van der Waals surface area (Å²) >= 11 is 1.53. The maximum absolute atomic E-state index is 12.1. The third-order valence-corrected chi connectivity index (χ3v) is 4.43. The summed E-state index contributed by atoms with van der Waals surface area (Å²) in [7, 11) is 0. The number of nitrogens with one attached hydrogen (secondary N) is 1. The molecule has 2 aromatic heterocycles. The van der Waals surface area contributed by atoms with Gasteiger partial charge in [-0.15, -0.1) is 10.2 Å². The number of rotatable bonds is 7. The molecule has 0 aliphatic rings. The van der Waals surface area contributed by atoms with E-state index in [-0.39, 0.29) is 24.4 Å². The Bertz CT molecular complexity index is 921. The van der Waals surface area contributed by atoms with Gasteiger partial charge < -0.3 is 9.73 Å². The average Bonchev–Trinajstić information content (AvgIpc) is 3.31. The van der Waals surface area contributed by atoms with E-state index in [1.807, 2.05) is 23.8 Å². The molecule has 0 fully saturated rings. The van der Waals surface area contributed by atoms with Gasteiger partial charge in [-0.05, 0) is 23.9 Å². The van der Waals surface area contributed by atoms with Crippen LogP contribution in [0.5, 0.6) is 0 Å². The zero-order valence-electron chi connectivity index (χ0n) is 14.0. The highest BCUT2D eigenvalue weighted by Crippen LogP contribution is 2.24. The van der Waals surface area contributed by atoms with Crippen LogP contribution in [0.4, 0.5) is 11.4 Å². The fourth-order valence-corrected chi connectivity index (χ4v) is 3.04. The van der Waals surface area contributed by atoms with Crippen molar-refractivity contribution in [3.63, 3.8) is 0 Å². The monoisotopic (exact) mass is 372 g/mol. The van der Waals surface area contributed by atoms with Crippen LogP contribution in [-0.4, -0.2) is 21.0 Å². The molecule has 0 saturated heterocycles. The molecule has 1 amide bonds. The van der Waals surface area contributed by atoms with Gasteiger partial charge in [0.1, 0.15) is 0 Å². The van der Waals surface area contributed by atoms with Crippen LogP contribution in [0.2, 0.25) is 0 Å². The number of nitrogens with zero attached hydrogens (tertiary/aromatic N) is 3. The zero-order chi connectivity index (χ0) is 18.5. The Hall–Kier alpha value is -3.07. The summed E-state index contributed by atoms with van der Waals surface area (Å²) < 4.78 is 5.52. The van der Waals surface area contributed by atoms with E-state index in [4.69, 9.17) is 4.42 Å². The first-order chi connectivity index (χ1) is 12.6. The van der Waals surface area contributed by atoms with Crippen LogP contribution in [0.15, 0.2) is 39.4 Å². The van der Waals surface area contributed by atoms with Crippen LogP contribution in [0.25, 0.3) is 11.5 Å². The molecule has 1 N–H and O–H groups in total. The van der Waals surface area contributed by atoms with E-state index in [1.54, 1.807) is 12.1 Å². The first kappa shape index (κ1) is 17.7. The molecule has 0 saturated carbocycles. The van der Waals surface area contributed by atoms with Crippen LogP contribution < -0.4 is 5.32 Å². The second-order valence-corrected chi connectivity index (χ2v) is 6.30. The standard InChI is InChI=1S/C17H16N4O4S/c1-2-11-3-4-13(9-14(11)21(23)24)18-15(22)5-6-16-19-20-17(25-16)12-7-8-26-10-12/h3-4,7-10H,2,5-6H2,1H3,(H,18,22). The third kappa shape index (κ3) is 4.12. The molecule has 2 heterocycles. The van der Waals surface area contributed by atoms with Crippen molar-refractivity contribution in [1.82, 2.24) is 10.2 Å². The van der Waals surface area contributed by atoms with Gasteiger partial charge in [0.25, 0.3) is 5.69 Å². The van der Waals surface area contributed by atoms with Gasteiger partial charge in [0.2, 0.25) is 17.7 Å². The summed E-state index contributed by atoms with van der Waals surface area (Å²) in [5.74, 6) is 0.514. The first-order valence-corrected chi connectivity index (χ1v) is 8.93. The van der Waals surface area contributed by atoms with Crippen molar-refractivity contribution in [2.45, 2.75) is 26.2 Å². The Morgan fingerprint density at radius 1 is 1.35 bits per heavy atom. The molecular weight excluding hydrogens is 356 g/mol. The fraction of sp³-hybridized carbons (Fsp3) is 0.235. The SMILES string of the molecule is CCc1ccc(NC(=O)CCc2nnc(-c3ccsc3)o2)cc1[N+](=O)[O-]. The fourth-order valence-electron chi connectivity index (χ4n) is 2.41. The number of carbonyl (C=O) groups is 1. The quantitative estimate of drug-likeness (QED) is 0.498. The Kier molecular flexibility index (Phi) is 5.37. The Morgan fingerprint density at radius 3 is 2.88 bits per heavy atom. The second kappa shape index (κ2) is 7.87. The van der Waals surface area contributed by atoms with Gasteiger partial charge >= 0.3 is 0 Å². The number of nitro benzene ring substituents is 1. The lowest BCUT2D eigenvalue weighted by molar-refractivity contribution is -0.385. The molecule has 0 aliphatic carbocycles. The predicted molar refractivity (Wildman–Crippen MR) is 97.0 cm³/mol. The largest absolute Gasteiger partial charge is 0.421 e. The number of hydrogen-bond donors (Lipinski definition) is 1. The van der Waals surface area contributed by atoms with Gasteiger partial charge in [-0.1, -0.05) is 13.0 Å². The van der Waals surface area contributed by atoms with Crippen LogP contribution in [-0.2, 0) is 17.6 Å². The average molecular weight is 372 g/mol. The molecule has 0 bridgehead atoms. The van der Waals surface area contributed by atoms with E-state index in [9.17, 15) is 14.9 Å². The summed E-state index contributed by atoms with van der Waals surface area (Å²) in [6.07, 6.45) is 0.973. The van der Waals surface area contributed by atoms with Crippen LogP contribution in [0.1, 0.15) is 24.8 Å². The number of carbonyl (C=O) groups excluding carboxylic acids is 1. The van der Waals surface area contributed by atoms with Gasteiger partial charge in [0.15, 0.2) is 0 Å². The summed E-state index contributed by atoms with van der Waals surface area (Å²) in [5, 5.41) is 25.5. The van der Waals surface area contributed by atoms with Crippen molar-refractivity contribution < 1.29 is 14.1 Å². The lowest BCUT2D eigenvalue weighted by Gasteiger charge is -2.06. The van der Waals surface area contributed by atoms with Crippen molar-refractivity contribution in [2.75, 3.05) is 5.32 Å². The Morgan fingerprint density at radius 2 is 2.19 bits per heavy atom. The van der Waals surface area contributed by atoms with E-state index < -0.39 is 4.92 Å². The van der Waals surface area contributed by atoms with Crippen molar-refractivity contribution in [1.29, 1.82) is 0 Å². The lowest BCUT2D eigenvalue weighted by atomic mass is 10.1. The first-order valence-electron chi connectivity index (χ1n) is 7.99. The normalized spacial score (nSPS) is 10.7. The smallest absolute Gasteiger partial charge is 0.274 e. The highest BCUT2D eigenvalue weighted by atomic mass is 32.1. The predicted octanol–water partition coefficient (Wildman–Crippen LogP) is 3.84. The minimum atomic E-state index is -0.446. The molecular formula is C17H16N4O4S. The van der Waals surface area contributed by atoms with Crippen LogP contribution >= 0.6 is 11.3 Å². The molecule has 0 aliphatic heterocycles.